The number of carbonyl (C=O) groups is 3. The van der Waals surface area contributed by atoms with Gasteiger partial charge in [0, 0.05) is 18.2 Å². The van der Waals surface area contributed by atoms with Gasteiger partial charge in [-0.15, -0.1) is 0 Å². The van der Waals surface area contributed by atoms with Crippen LogP contribution in [-0.4, -0.2) is 48.0 Å². The zero-order chi connectivity index (χ0) is 30.1. The van der Waals surface area contributed by atoms with E-state index in [9.17, 15) is 19.5 Å². The number of aliphatic hydroxyl groups excluding tert-OH is 1. The molecule has 3 aromatic rings. The molecule has 0 unspecified atom stereocenters. The van der Waals surface area contributed by atoms with Crippen molar-refractivity contribution in [3.05, 3.63) is 89.5 Å². The van der Waals surface area contributed by atoms with Crippen molar-refractivity contribution in [1.82, 2.24) is 10.6 Å². The summed E-state index contributed by atoms with van der Waals surface area (Å²) in [7, 11) is 0. The second kappa shape index (κ2) is 14.0. The third-order valence-corrected chi connectivity index (χ3v) is 6.94. The fourth-order valence-electron chi connectivity index (χ4n) is 4.95. The lowest BCUT2D eigenvalue weighted by molar-refractivity contribution is -0.118. The fraction of sp³-hybridized carbons (Fsp3) is 0.364. The van der Waals surface area contributed by atoms with Crippen LogP contribution >= 0.6 is 0 Å². The number of fused-ring (bicyclic) bond motifs is 3. The lowest BCUT2D eigenvalue weighted by Crippen LogP contribution is -2.44. The van der Waals surface area contributed by atoms with Crippen molar-refractivity contribution in [2.24, 2.45) is 0 Å². The Morgan fingerprint density at radius 1 is 0.857 bits per heavy atom. The predicted octanol–water partition coefficient (Wildman–Crippen LogP) is 5.72. The summed E-state index contributed by atoms with van der Waals surface area (Å²) in [6.45, 7) is 5.79. The van der Waals surface area contributed by atoms with Crippen LogP contribution in [0.15, 0.2) is 72.8 Å². The van der Waals surface area contributed by atoms with Gasteiger partial charge in [-0.05, 0) is 80.0 Å². The summed E-state index contributed by atoms with van der Waals surface area (Å²) in [6.07, 6.45) is 0.293. The third-order valence-electron chi connectivity index (χ3n) is 6.94. The first-order valence-corrected chi connectivity index (χ1v) is 14.2. The zero-order valence-electron chi connectivity index (χ0n) is 24.3. The Bertz CT molecular complexity index is 1340. The molecule has 1 aliphatic rings. The van der Waals surface area contributed by atoms with Crippen LogP contribution in [0.3, 0.4) is 0 Å². The Balaban J connectivity index is 1.35. The van der Waals surface area contributed by atoms with E-state index >= 15 is 0 Å². The van der Waals surface area contributed by atoms with Crippen LogP contribution in [0, 0.1) is 0 Å². The Hall–Kier alpha value is -4.37. The number of unbranched alkanes of at least 4 members (excludes halogenated alkanes) is 1. The van der Waals surface area contributed by atoms with E-state index in [2.05, 4.69) is 28.1 Å². The zero-order valence-corrected chi connectivity index (χ0v) is 24.3. The van der Waals surface area contributed by atoms with Gasteiger partial charge >= 0.3 is 12.2 Å². The van der Waals surface area contributed by atoms with Gasteiger partial charge in [-0.25, -0.2) is 9.59 Å². The van der Waals surface area contributed by atoms with Crippen molar-refractivity contribution in [2.75, 3.05) is 18.5 Å². The molecule has 0 saturated heterocycles. The summed E-state index contributed by atoms with van der Waals surface area (Å²) >= 11 is 0. The van der Waals surface area contributed by atoms with Crippen molar-refractivity contribution in [2.45, 2.75) is 64.2 Å². The quantitative estimate of drug-likeness (QED) is 0.218. The van der Waals surface area contributed by atoms with Gasteiger partial charge in [-0.1, -0.05) is 60.7 Å². The maximum absolute atomic E-state index is 13.2. The Labute approximate surface area is 246 Å². The first kappa shape index (κ1) is 30.6. The number of amides is 3. The summed E-state index contributed by atoms with van der Waals surface area (Å²) in [5, 5.41) is 17.6. The smallest absolute Gasteiger partial charge is 0.407 e. The first-order chi connectivity index (χ1) is 20.1. The molecule has 3 amide bonds. The van der Waals surface area contributed by atoms with Crippen LogP contribution in [0.25, 0.3) is 11.1 Å². The largest absolute Gasteiger partial charge is 0.449 e. The van der Waals surface area contributed by atoms with Crippen LogP contribution in [0.4, 0.5) is 15.3 Å². The van der Waals surface area contributed by atoms with Gasteiger partial charge in [0.25, 0.3) is 0 Å². The number of alkyl carbamates (subject to hydrolysis) is 2. The molecule has 0 heterocycles. The molecule has 0 fully saturated rings. The SMILES string of the molecule is CC(C)(C)OC(=O)NCCCC[C@H](NC(=O)OCC1c2ccccc2-c2ccccc21)C(=O)Nc1ccc(CO)cc1. The summed E-state index contributed by atoms with van der Waals surface area (Å²) in [5.74, 6) is -0.486. The molecule has 0 saturated carbocycles. The molecule has 3 aromatic carbocycles. The van der Waals surface area contributed by atoms with Gasteiger partial charge in [0.2, 0.25) is 5.91 Å². The number of nitrogens with one attached hydrogen (secondary N) is 3. The number of hydrogen-bond donors (Lipinski definition) is 4. The minimum absolute atomic E-state index is 0.0978. The minimum atomic E-state index is -0.861. The standard InChI is InChI=1S/C33H39N3O6/c1-33(2,3)42-31(39)34-19-9-8-14-29(30(38)35-23-17-15-22(20-37)16-18-23)36-32(40)41-21-28-26-12-6-4-10-24(26)25-11-5-7-13-27(25)28/h4-7,10-13,15-18,28-29,37H,8-9,14,19-21H2,1-3H3,(H,34,39)(H,35,38)(H,36,40)/t29-/m0/s1. The molecule has 0 aliphatic heterocycles. The number of ether oxygens (including phenoxy) is 2. The summed E-state index contributed by atoms with van der Waals surface area (Å²) in [4.78, 5) is 38.1. The van der Waals surface area contributed by atoms with Crippen molar-refractivity contribution < 1.29 is 29.0 Å². The second-order valence-electron chi connectivity index (χ2n) is 11.3. The van der Waals surface area contributed by atoms with E-state index in [1.807, 2.05) is 36.4 Å². The molecular weight excluding hydrogens is 534 g/mol. The number of hydrogen-bond acceptors (Lipinski definition) is 6. The monoisotopic (exact) mass is 573 g/mol. The molecule has 4 rings (SSSR count). The van der Waals surface area contributed by atoms with E-state index in [0.717, 1.165) is 27.8 Å². The molecule has 0 spiro atoms. The molecule has 42 heavy (non-hydrogen) atoms. The summed E-state index contributed by atoms with van der Waals surface area (Å²) < 4.78 is 10.9. The van der Waals surface area contributed by atoms with Gasteiger partial charge in [0.05, 0.1) is 6.61 Å². The lowest BCUT2D eigenvalue weighted by atomic mass is 9.98. The number of anilines is 1. The number of rotatable bonds is 11. The van der Waals surface area contributed by atoms with Crippen molar-refractivity contribution in [3.8, 4) is 11.1 Å². The summed E-state index contributed by atoms with van der Waals surface area (Å²) in [6, 6.07) is 22.1. The molecular formula is C33H39N3O6. The highest BCUT2D eigenvalue weighted by Gasteiger charge is 2.30. The van der Waals surface area contributed by atoms with Gasteiger partial charge in [0.1, 0.15) is 18.2 Å². The van der Waals surface area contributed by atoms with Crippen molar-refractivity contribution in [1.29, 1.82) is 0 Å². The highest BCUT2D eigenvalue weighted by Crippen LogP contribution is 2.44. The van der Waals surface area contributed by atoms with Gasteiger partial charge in [0.15, 0.2) is 0 Å². The van der Waals surface area contributed by atoms with E-state index in [1.54, 1.807) is 45.0 Å². The van der Waals surface area contributed by atoms with E-state index < -0.39 is 23.8 Å². The normalized spacial score (nSPS) is 13.0. The molecule has 222 valence electrons. The Kier molecular flexibility index (Phi) is 10.2. The molecule has 9 nitrogen and oxygen atoms in total. The Morgan fingerprint density at radius 2 is 1.48 bits per heavy atom. The fourth-order valence-corrected chi connectivity index (χ4v) is 4.95. The maximum atomic E-state index is 13.2. The van der Waals surface area contributed by atoms with E-state index in [4.69, 9.17) is 9.47 Å². The van der Waals surface area contributed by atoms with Crippen LogP contribution in [0.1, 0.15) is 62.6 Å². The van der Waals surface area contributed by atoms with Crippen molar-refractivity contribution in [3.63, 3.8) is 0 Å². The first-order valence-electron chi connectivity index (χ1n) is 14.2. The minimum Gasteiger partial charge on any atom is -0.449 e. The third kappa shape index (κ3) is 8.33. The van der Waals surface area contributed by atoms with Crippen LogP contribution in [-0.2, 0) is 20.9 Å². The van der Waals surface area contributed by atoms with Crippen LogP contribution in [0.2, 0.25) is 0 Å². The number of benzene rings is 3. The predicted molar refractivity (Wildman–Crippen MR) is 161 cm³/mol. The average molecular weight is 574 g/mol. The Morgan fingerprint density at radius 3 is 2.07 bits per heavy atom. The summed E-state index contributed by atoms with van der Waals surface area (Å²) in [5.41, 5.74) is 5.14. The van der Waals surface area contributed by atoms with Gasteiger partial charge in [-0.2, -0.15) is 0 Å². The van der Waals surface area contributed by atoms with Crippen LogP contribution < -0.4 is 16.0 Å². The molecule has 0 aromatic heterocycles. The number of carbonyl (C=O) groups excluding carboxylic acids is 3. The van der Waals surface area contributed by atoms with E-state index in [0.29, 0.717) is 31.5 Å². The molecule has 9 heteroatoms. The number of aliphatic hydroxyl groups is 1. The van der Waals surface area contributed by atoms with Gasteiger partial charge < -0.3 is 30.5 Å². The molecule has 0 bridgehead atoms. The second-order valence-corrected chi connectivity index (χ2v) is 11.3. The van der Waals surface area contributed by atoms with Gasteiger partial charge in [-0.3, -0.25) is 4.79 Å². The highest BCUT2D eigenvalue weighted by molar-refractivity contribution is 5.96. The molecule has 4 N–H and O–H groups in total. The lowest BCUT2D eigenvalue weighted by Gasteiger charge is -2.21. The molecule has 1 aliphatic carbocycles. The molecule has 0 radical (unpaired) electrons. The highest BCUT2D eigenvalue weighted by atomic mass is 16.6. The average Bonchev–Trinajstić information content (AvgIpc) is 3.28. The van der Waals surface area contributed by atoms with E-state index in [-0.39, 0.29) is 25.0 Å². The topological polar surface area (TPSA) is 126 Å². The molecule has 1 atom stereocenters. The maximum Gasteiger partial charge on any atom is 0.407 e. The van der Waals surface area contributed by atoms with Crippen LogP contribution in [0.5, 0.6) is 0 Å². The van der Waals surface area contributed by atoms with Crippen molar-refractivity contribution >= 4 is 23.8 Å². The van der Waals surface area contributed by atoms with E-state index in [1.165, 1.54) is 0 Å².